The number of hydrogen-bond donors (Lipinski definition) is 1. The Morgan fingerprint density at radius 1 is 1.50 bits per heavy atom. The molecule has 88 valence electrons. The van der Waals surface area contributed by atoms with Crippen molar-refractivity contribution >= 4 is 16.1 Å². The molecule has 0 radical (unpaired) electrons. The molecule has 0 aromatic heterocycles. The number of carbonyl (C=O) groups excluding carboxylic acids is 1. The molecule has 16 heavy (non-hydrogen) atoms. The number of urea groups is 1. The fourth-order valence-electron chi connectivity index (χ4n) is 2.00. The summed E-state index contributed by atoms with van der Waals surface area (Å²) < 4.78 is 24.6. The third-order valence-electron chi connectivity index (χ3n) is 2.84. The molecule has 7 nitrogen and oxygen atoms in total. The van der Waals surface area contributed by atoms with Crippen LogP contribution in [0.25, 0.3) is 0 Å². The summed E-state index contributed by atoms with van der Waals surface area (Å²) in [6.45, 7) is 1.41. The van der Waals surface area contributed by atoms with Crippen LogP contribution in [-0.2, 0) is 10.0 Å². The normalized spacial score (nSPS) is 26.1. The standard InChI is InChI=1S/C8H12N4O3S/c9-1-4-16(14,15)11-2-3-12-7(6-11)5-10-8(12)13/h7H,2-6H2,(H,10,13). The highest BCUT2D eigenvalue weighted by atomic mass is 32.2. The lowest BCUT2D eigenvalue weighted by Crippen LogP contribution is -2.54. The zero-order valence-corrected chi connectivity index (χ0v) is 9.40. The number of nitrogens with one attached hydrogen (secondary N) is 1. The van der Waals surface area contributed by atoms with Crippen molar-refractivity contribution in [3.8, 4) is 6.07 Å². The molecule has 0 aromatic rings. The Bertz CT molecular complexity index is 441. The summed E-state index contributed by atoms with van der Waals surface area (Å²) in [7, 11) is -3.48. The van der Waals surface area contributed by atoms with E-state index in [-0.39, 0.29) is 25.2 Å². The minimum atomic E-state index is -3.48. The second kappa shape index (κ2) is 3.92. The van der Waals surface area contributed by atoms with Gasteiger partial charge in [0, 0.05) is 26.2 Å². The SMILES string of the molecule is N#CCS(=O)(=O)N1CCN2C(=O)NCC2C1. The number of rotatable bonds is 2. The van der Waals surface area contributed by atoms with Gasteiger partial charge in [0.15, 0.2) is 5.75 Å². The van der Waals surface area contributed by atoms with Gasteiger partial charge in [-0.05, 0) is 0 Å². The third kappa shape index (κ3) is 1.83. The number of nitriles is 1. The first-order valence-electron chi connectivity index (χ1n) is 4.94. The summed E-state index contributed by atoms with van der Waals surface area (Å²) in [4.78, 5) is 12.9. The zero-order valence-electron chi connectivity index (χ0n) is 8.59. The molecule has 2 saturated heterocycles. The fourth-order valence-corrected chi connectivity index (χ4v) is 3.11. The summed E-state index contributed by atoms with van der Waals surface area (Å²) in [6.07, 6.45) is 0. The van der Waals surface area contributed by atoms with Crippen LogP contribution in [0.2, 0.25) is 0 Å². The fraction of sp³-hybridized carbons (Fsp3) is 0.750. The first-order chi connectivity index (χ1) is 7.54. The molecule has 1 N–H and O–H groups in total. The van der Waals surface area contributed by atoms with Crippen LogP contribution in [0.15, 0.2) is 0 Å². The number of hydrogen-bond acceptors (Lipinski definition) is 4. The first kappa shape index (κ1) is 11.2. The maximum absolute atomic E-state index is 11.6. The van der Waals surface area contributed by atoms with Crippen LogP contribution in [0.5, 0.6) is 0 Å². The van der Waals surface area contributed by atoms with Gasteiger partial charge in [0.25, 0.3) is 0 Å². The molecule has 0 bridgehead atoms. The molecule has 2 aliphatic rings. The number of nitrogens with zero attached hydrogens (tertiary/aromatic N) is 3. The molecule has 8 heteroatoms. The molecule has 2 rings (SSSR count). The lowest BCUT2D eigenvalue weighted by molar-refractivity contribution is 0.164. The van der Waals surface area contributed by atoms with Gasteiger partial charge in [-0.1, -0.05) is 0 Å². The highest BCUT2D eigenvalue weighted by Gasteiger charge is 2.38. The van der Waals surface area contributed by atoms with Gasteiger partial charge in [-0.2, -0.15) is 9.57 Å². The summed E-state index contributed by atoms with van der Waals surface area (Å²) in [5.41, 5.74) is 0. The van der Waals surface area contributed by atoms with Gasteiger partial charge in [0.05, 0.1) is 12.1 Å². The van der Waals surface area contributed by atoms with Crippen LogP contribution < -0.4 is 5.32 Å². The molecular weight excluding hydrogens is 232 g/mol. The second-order valence-corrected chi connectivity index (χ2v) is 5.77. The highest BCUT2D eigenvalue weighted by Crippen LogP contribution is 2.16. The van der Waals surface area contributed by atoms with Gasteiger partial charge in [0.2, 0.25) is 10.0 Å². The number of sulfonamides is 1. The van der Waals surface area contributed by atoms with Crippen molar-refractivity contribution in [2.24, 2.45) is 0 Å². The van der Waals surface area contributed by atoms with Gasteiger partial charge >= 0.3 is 6.03 Å². The van der Waals surface area contributed by atoms with E-state index in [0.29, 0.717) is 13.1 Å². The summed E-state index contributed by atoms with van der Waals surface area (Å²) in [6, 6.07) is 1.41. The van der Waals surface area contributed by atoms with E-state index in [2.05, 4.69) is 5.32 Å². The Labute approximate surface area is 93.7 Å². The predicted octanol–water partition coefficient (Wildman–Crippen LogP) is -1.45. The van der Waals surface area contributed by atoms with E-state index in [9.17, 15) is 13.2 Å². The molecule has 2 aliphatic heterocycles. The van der Waals surface area contributed by atoms with Crippen molar-refractivity contribution in [1.82, 2.24) is 14.5 Å². The zero-order chi connectivity index (χ0) is 11.8. The molecule has 0 aromatic carbocycles. The second-order valence-electron chi connectivity index (χ2n) is 3.81. The molecule has 2 heterocycles. The molecule has 0 spiro atoms. The van der Waals surface area contributed by atoms with E-state index in [1.807, 2.05) is 0 Å². The number of carbonyl (C=O) groups is 1. The van der Waals surface area contributed by atoms with E-state index in [1.165, 1.54) is 4.31 Å². The Morgan fingerprint density at radius 3 is 2.94 bits per heavy atom. The molecule has 0 saturated carbocycles. The molecule has 1 atom stereocenters. The summed E-state index contributed by atoms with van der Waals surface area (Å²) >= 11 is 0. The molecule has 2 amide bonds. The Kier molecular flexibility index (Phi) is 2.73. The highest BCUT2D eigenvalue weighted by molar-refractivity contribution is 7.89. The minimum Gasteiger partial charge on any atom is -0.336 e. The van der Waals surface area contributed by atoms with Gasteiger partial charge in [-0.3, -0.25) is 0 Å². The predicted molar refractivity (Wildman–Crippen MR) is 54.9 cm³/mol. The van der Waals surface area contributed by atoms with Gasteiger partial charge in [-0.15, -0.1) is 0 Å². The topological polar surface area (TPSA) is 93.5 Å². The van der Waals surface area contributed by atoms with Gasteiger partial charge in [-0.25, -0.2) is 13.2 Å². The Hall–Kier alpha value is -1.33. The Morgan fingerprint density at radius 2 is 2.25 bits per heavy atom. The van der Waals surface area contributed by atoms with Crippen molar-refractivity contribution in [3.05, 3.63) is 0 Å². The van der Waals surface area contributed by atoms with Crippen LogP contribution in [0.1, 0.15) is 0 Å². The quantitative estimate of drug-likeness (QED) is 0.643. The first-order valence-corrected chi connectivity index (χ1v) is 6.55. The van der Waals surface area contributed by atoms with Crippen LogP contribution in [0, 0.1) is 11.3 Å². The van der Waals surface area contributed by atoms with E-state index < -0.39 is 15.8 Å². The lowest BCUT2D eigenvalue weighted by atomic mass is 10.2. The smallest absolute Gasteiger partial charge is 0.317 e. The van der Waals surface area contributed by atoms with Crippen LogP contribution in [0.4, 0.5) is 4.79 Å². The average molecular weight is 244 g/mol. The van der Waals surface area contributed by atoms with E-state index in [1.54, 1.807) is 11.0 Å². The van der Waals surface area contributed by atoms with Crippen LogP contribution in [0.3, 0.4) is 0 Å². The summed E-state index contributed by atoms with van der Waals surface area (Å²) in [5, 5.41) is 11.1. The van der Waals surface area contributed by atoms with E-state index in [0.717, 1.165) is 0 Å². The molecule has 1 unspecified atom stereocenters. The molecule has 2 fully saturated rings. The van der Waals surface area contributed by atoms with Crippen molar-refractivity contribution in [1.29, 1.82) is 5.26 Å². The lowest BCUT2D eigenvalue weighted by Gasteiger charge is -2.35. The minimum absolute atomic E-state index is 0.102. The maximum Gasteiger partial charge on any atom is 0.317 e. The molecular formula is C8H12N4O3S. The van der Waals surface area contributed by atoms with Gasteiger partial charge < -0.3 is 10.2 Å². The maximum atomic E-state index is 11.6. The van der Waals surface area contributed by atoms with Crippen molar-refractivity contribution in [3.63, 3.8) is 0 Å². The monoisotopic (exact) mass is 244 g/mol. The third-order valence-corrected chi connectivity index (χ3v) is 4.45. The van der Waals surface area contributed by atoms with E-state index >= 15 is 0 Å². The number of piperazine rings is 1. The van der Waals surface area contributed by atoms with Crippen molar-refractivity contribution in [2.45, 2.75) is 6.04 Å². The van der Waals surface area contributed by atoms with Crippen molar-refractivity contribution < 1.29 is 13.2 Å². The van der Waals surface area contributed by atoms with Crippen LogP contribution in [-0.4, -0.2) is 61.6 Å². The summed E-state index contributed by atoms with van der Waals surface area (Å²) in [5.74, 6) is -0.499. The number of amides is 2. The Balaban J connectivity index is 2.08. The molecule has 0 aliphatic carbocycles. The van der Waals surface area contributed by atoms with Crippen molar-refractivity contribution in [2.75, 3.05) is 31.9 Å². The average Bonchev–Trinajstić information content (AvgIpc) is 2.60. The van der Waals surface area contributed by atoms with Crippen LogP contribution >= 0.6 is 0 Å². The van der Waals surface area contributed by atoms with Gasteiger partial charge in [0.1, 0.15) is 0 Å². The number of fused-ring (bicyclic) bond motifs is 1. The largest absolute Gasteiger partial charge is 0.336 e. The van der Waals surface area contributed by atoms with E-state index in [4.69, 9.17) is 5.26 Å².